The fourth-order valence-corrected chi connectivity index (χ4v) is 4.40. The molecule has 27 heavy (non-hydrogen) atoms. The summed E-state index contributed by atoms with van der Waals surface area (Å²) in [6, 6.07) is 7.64. The van der Waals surface area contributed by atoms with Crippen molar-refractivity contribution in [1.29, 1.82) is 0 Å². The molecule has 0 fully saturated rings. The molecule has 3 amide bonds. The SMILES string of the molecule is CCNC(=O)NC(=O)C(C)Sc1ncnc2cc(-c3ccc(F)cc3)sc12. The minimum absolute atomic E-state index is 0.289. The van der Waals surface area contributed by atoms with E-state index in [4.69, 9.17) is 0 Å². The molecule has 9 heteroatoms. The summed E-state index contributed by atoms with van der Waals surface area (Å²) < 4.78 is 14.0. The third-order valence-electron chi connectivity index (χ3n) is 3.64. The van der Waals surface area contributed by atoms with Gasteiger partial charge in [-0.1, -0.05) is 23.9 Å². The molecule has 1 unspecified atom stereocenters. The number of carbonyl (C=O) groups is 2. The van der Waals surface area contributed by atoms with E-state index in [0.717, 1.165) is 20.7 Å². The Balaban J connectivity index is 1.81. The lowest BCUT2D eigenvalue weighted by molar-refractivity contribution is -0.119. The van der Waals surface area contributed by atoms with Crippen molar-refractivity contribution >= 4 is 45.3 Å². The molecule has 3 rings (SSSR count). The molecule has 1 atom stereocenters. The number of rotatable bonds is 5. The number of benzene rings is 1. The minimum Gasteiger partial charge on any atom is -0.338 e. The zero-order chi connectivity index (χ0) is 19.4. The summed E-state index contributed by atoms with van der Waals surface area (Å²) in [6.07, 6.45) is 1.44. The Labute approximate surface area is 163 Å². The van der Waals surface area contributed by atoms with Gasteiger partial charge < -0.3 is 5.32 Å². The molecular weight excluding hydrogens is 387 g/mol. The lowest BCUT2D eigenvalue weighted by atomic mass is 10.2. The van der Waals surface area contributed by atoms with Gasteiger partial charge in [0.2, 0.25) is 5.91 Å². The number of carbonyl (C=O) groups excluding carboxylic acids is 2. The summed E-state index contributed by atoms with van der Waals surface area (Å²) in [5.74, 6) is -0.684. The van der Waals surface area contributed by atoms with Crippen LogP contribution in [0.1, 0.15) is 13.8 Å². The average Bonchev–Trinajstić information content (AvgIpc) is 3.07. The minimum atomic E-state index is -0.516. The first-order chi connectivity index (χ1) is 13.0. The number of urea groups is 1. The Morgan fingerprint density at radius 2 is 2.00 bits per heavy atom. The zero-order valence-electron chi connectivity index (χ0n) is 14.7. The average molecular weight is 404 g/mol. The van der Waals surface area contributed by atoms with Crippen molar-refractivity contribution in [3.8, 4) is 10.4 Å². The van der Waals surface area contributed by atoms with Gasteiger partial charge in [0.25, 0.3) is 0 Å². The van der Waals surface area contributed by atoms with Crippen molar-refractivity contribution in [2.75, 3.05) is 6.54 Å². The number of hydrogen-bond acceptors (Lipinski definition) is 6. The van der Waals surface area contributed by atoms with E-state index in [1.807, 2.05) is 6.07 Å². The van der Waals surface area contributed by atoms with Crippen molar-refractivity contribution in [1.82, 2.24) is 20.6 Å². The first kappa shape index (κ1) is 19.2. The second-order valence-corrected chi connectivity index (χ2v) is 8.00. The van der Waals surface area contributed by atoms with Crippen molar-refractivity contribution < 1.29 is 14.0 Å². The van der Waals surface area contributed by atoms with Gasteiger partial charge in [0.05, 0.1) is 15.5 Å². The molecule has 0 spiro atoms. The highest BCUT2D eigenvalue weighted by Gasteiger charge is 2.20. The van der Waals surface area contributed by atoms with E-state index in [1.165, 1.54) is 41.6 Å². The quantitative estimate of drug-likeness (QED) is 0.499. The van der Waals surface area contributed by atoms with E-state index < -0.39 is 17.2 Å². The number of halogens is 1. The van der Waals surface area contributed by atoms with Crippen LogP contribution >= 0.6 is 23.1 Å². The van der Waals surface area contributed by atoms with E-state index in [9.17, 15) is 14.0 Å². The molecule has 2 N–H and O–H groups in total. The first-order valence-corrected chi connectivity index (χ1v) is 9.93. The van der Waals surface area contributed by atoms with E-state index >= 15 is 0 Å². The number of imide groups is 1. The molecule has 140 valence electrons. The van der Waals surface area contributed by atoms with Crippen LogP contribution in [0.4, 0.5) is 9.18 Å². The topological polar surface area (TPSA) is 84.0 Å². The Morgan fingerprint density at radius 3 is 2.70 bits per heavy atom. The number of nitrogens with zero attached hydrogens (tertiary/aromatic N) is 2. The molecule has 3 aromatic rings. The van der Waals surface area contributed by atoms with Gasteiger partial charge in [0.1, 0.15) is 17.2 Å². The van der Waals surface area contributed by atoms with Gasteiger partial charge in [-0.3, -0.25) is 10.1 Å². The Hall–Kier alpha value is -2.52. The highest BCUT2D eigenvalue weighted by molar-refractivity contribution is 8.00. The number of nitrogens with one attached hydrogen (secondary N) is 2. The van der Waals surface area contributed by atoms with Crippen LogP contribution in [0, 0.1) is 5.82 Å². The molecule has 2 aromatic heterocycles. The number of hydrogen-bond donors (Lipinski definition) is 2. The predicted molar refractivity (Wildman–Crippen MR) is 105 cm³/mol. The predicted octanol–water partition coefficient (Wildman–Crippen LogP) is 3.82. The summed E-state index contributed by atoms with van der Waals surface area (Å²) in [5, 5.41) is 4.97. The van der Waals surface area contributed by atoms with Crippen molar-refractivity contribution in [2.45, 2.75) is 24.1 Å². The van der Waals surface area contributed by atoms with Crippen molar-refractivity contribution in [3.63, 3.8) is 0 Å². The summed E-state index contributed by atoms with van der Waals surface area (Å²) in [6.45, 7) is 3.92. The molecular formula is C18H17FN4O2S2. The summed E-state index contributed by atoms with van der Waals surface area (Å²) in [5.41, 5.74) is 1.64. The van der Waals surface area contributed by atoms with Gasteiger partial charge in [-0.05, 0) is 37.6 Å². The fraction of sp³-hybridized carbons (Fsp3) is 0.222. The lowest BCUT2D eigenvalue weighted by Crippen LogP contribution is -2.42. The highest BCUT2D eigenvalue weighted by atomic mass is 32.2. The molecule has 0 saturated carbocycles. The fourth-order valence-electron chi connectivity index (χ4n) is 2.31. The molecule has 0 saturated heterocycles. The highest BCUT2D eigenvalue weighted by Crippen LogP contribution is 2.38. The summed E-state index contributed by atoms with van der Waals surface area (Å²) in [7, 11) is 0. The largest absolute Gasteiger partial charge is 0.338 e. The van der Waals surface area contributed by atoms with Gasteiger partial charge in [0.15, 0.2) is 0 Å². The van der Waals surface area contributed by atoms with E-state index in [1.54, 1.807) is 26.0 Å². The van der Waals surface area contributed by atoms with Crippen LogP contribution in [0.5, 0.6) is 0 Å². The van der Waals surface area contributed by atoms with E-state index in [2.05, 4.69) is 20.6 Å². The second-order valence-electron chi connectivity index (χ2n) is 5.62. The zero-order valence-corrected chi connectivity index (χ0v) is 16.3. The number of fused-ring (bicyclic) bond motifs is 1. The van der Waals surface area contributed by atoms with Crippen LogP contribution < -0.4 is 10.6 Å². The summed E-state index contributed by atoms with van der Waals surface area (Å²) >= 11 is 2.74. The molecule has 0 aliphatic carbocycles. The van der Waals surface area contributed by atoms with Crippen LogP contribution in [0.25, 0.3) is 20.7 Å². The van der Waals surface area contributed by atoms with Crippen LogP contribution in [0.2, 0.25) is 0 Å². The van der Waals surface area contributed by atoms with E-state index in [-0.39, 0.29) is 5.82 Å². The number of thiophene rings is 1. The van der Waals surface area contributed by atoms with Crippen LogP contribution in [0.3, 0.4) is 0 Å². The third kappa shape index (κ3) is 4.61. The summed E-state index contributed by atoms with van der Waals surface area (Å²) in [4.78, 5) is 33.2. The van der Waals surface area contributed by atoms with E-state index in [0.29, 0.717) is 11.6 Å². The number of thioether (sulfide) groups is 1. The maximum atomic E-state index is 13.1. The van der Waals surface area contributed by atoms with Gasteiger partial charge in [-0.25, -0.2) is 19.2 Å². The van der Waals surface area contributed by atoms with Gasteiger partial charge >= 0.3 is 6.03 Å². The molecule has 0 aliphatic heterocycles. The maximum absolute atomic E-state index is 13.1. The molecule has 2 heterocycles. The number of amides is 3. The van der Waals surface area contributed by atoms with Gasteiger partial charge in [-0.2, -0.15) is 0 Å². The maximum Gasteiger partial charge on any atom is 0.321 e. The molecule has 0 aliphatic rings. The second kappa shape index (κ2) is 8.45. The molecule has 1 aromatic carbocycles. The van der Waals surface area contributed by atoms with Gasteiger partial charge in [-0.15, -0.1) is 11.3 Å². The monoisotopic (exact) mass is 404 g/mol. The van der Waals surface area contributed by atoms with Crippen LogP contribution in [0.15, 0.2) is 41.7 Å². The molecule has 0 bridgehead atoms. The van der Waals surface area contributed by atoms with Crippen molar-refractivity contribution in [3.05, 3.63) is 42.5 Å². The normalized spacial score (nSPS) is 12.0. The van der Waals surface area contributed by atoms with Crippen LogP contribution in [-0.4, -0.2) is 33.7 Å². The smallest absolute Gasteiger partial charge is 0.321 e. The third-order valence-corrected chi connectivity index (χ3v) is 6.05. The van der Waals surface area contributed by atoms with Crippen molar-refractivity contribution in [2.24, 2.45) is 0 Å². The molecule has 6 nitrogen and oxygen atoms in total. The number of aromatic nitrogens is 2. The molecule has 0 radical (unpaired) electrons. The Morgan fingerprint density at radius 1 is 1.26 bits per heavy atom. The Kier molecular flexibility index (Phi) is 6.02. The van der Waals surface area contributed by atoms with Crippen LogP contribution in [-0.2, 0) is 4.79 Å². The Bertz CT molecular complexity index is 975. The van der Waals surface area contributed by atoms with Gasteiger partial charge in [0, 0.05) is 11.4 Å². The standard InChI is InChI=1S/C18H17FN4O2S2/c1-3-20-18(25)23-16(24)10(2)26-17-15-13(21-9-22-17)8-14(27-15)11-4-6-12(19)7-5-11/h4-10H,3H2,1-2H3,(H2,20,23,24,25). The lowest BCUT2D eigenvalue weighted by Gasteiger charge is -2.11. The first-order valence-electron chi connectivity index (χ1n) is 8.23.